The summed E-state index contributed by atoms with van der Waals surface area (Å²) >= 11 is 0.704. The summed E-state index contributed by atoms with van der Waals surface area (Å²) in [4.78, 5) is 5.28. The van der Waals surface area contributed by atoms with Crippen LogP contribution in [-0.2, 0) is 6.18 Å². The highest BCUT2D eigenvalue weighted by molar-refractivity contribution is 7.15. The molecule has 2 aromatic rings. The summed E-state index contributed by atoms with van der Waals surface area (Å²) < 4.78 is 43.5. The lowest BCUT2D eigenvalue weighted by Gasteiger charge is -2.24. The van der Waals surface area contributed by atoms with Crippen LogP contribution in [0.3, 0.4) is 0 Å². The van der Waals surface area contributed by atoms with Gasteiger partial charge in [-0.25, -0.2) is 4.98 Å². The SMILES string of the molecule is COc1cccc(C2CCCN2c2ncc(C(F)(F)F)s2)c1. The topological polar surface area (TPSA) is 25.4 Å². The van der Waals surface area contributed by atoms with Crippen molar-refractivity contribution in [2.24, 2.45) is 0 Å². The minimum atomic E-state index is -4.33. The van der Waals surface area contributed by atoms with Crippen LogP contribution in [0.5, 0.6) is 5.75 Å². The minimum Gasteiger partial charge on any atom is -0.497 e. The Labute approximate surface area is 130 Å². The number of thiazole rings is 1. The van der Waals surface area contributed by atoms with E-state index in [2.05, 4.69) is 4.98 Å². The molecule has 22 heavy (non-hydrogen) atoms. The number of methoxy groups -OCH3 is 1. The average Bonchev–Trinajstić information content (AvgIpc) is 3.15. The average molecular weight is 328 g/mol. The molecule has 1 aliphatic heterocycles. The fraction of sp³-hybridized carbons (Fsp3) is 0.400. The zero-order chi connectivity index (χ0) is 15.7. The van der Waals surface area contributed by atoms with Gasteiger partial charge in [0.2, 0.25) is 0 Å². The van der Waals surface area contributed by atoms with Crippen LogP contribution in [0.2, 0.25) is 0 Å². The Morgan fingerprint density at radius 3 is 2.86 bits per heavy atom. The smallest absolute Gasteiger partial charge is 0.427 e. The largest absolute Gasteiger partial charge is 0.497 e. The maximum absolute atomic E-state index is 12.7. The molecule has 0 amide bonds. The second-order valence-electron chi connectivity index (χ2n) is 5.13. The third kappa shape index (κ3) is 2.90. The van der Waals surface area contributed by atoms with E-state index in [4.69, 9.17) is 4.74 Å². The number of alkyl halides is 3. The Bertz CT molecular complexity index is 656. The fourth-order valence-corrected chi connectivity index (χ4v) is 3.58. The van der Waals surface area contributed by atoms with E-state index in [1.807, 2.05) is 29.2 Å². The number of anilines is 1. The molecule has 1 aliphatic rings. The van der Waals surface area contributed by atoms with Crippen molar-refractivity contribution in [3.05, 3.63) is 40.9 Å². The first-order chi connectivity index (χ1) is 10.5. The standard InChI is InChI=1S/C15H15F3N2OS/c1-21-11-5-2-4-10(8-11)12-6-3-7-20(12)14-19-9-13(22-14)15(16,17)18/h2,4-5,8-9,12H,3,6-7H2,1H3. The van der Waals surface area contributed by atoms with Crippen LogP contribution in [0.4, 0.5) is 18.3 Å². The van der Waals surface area contributed by atoms with Crippen molar-refractivity contribution in [3.63, 3.8) is 0 Å². The Balaban J connectivity index is 1.88. The highest BCUT2D eigenvalue weighted by Crippen LogP contribution is 2.42. The van der Waals surface area contributed by atoms with E-state index >= 15 is 0 Å². The Morgan fingerprint density at radius 1 is 1.36 bits per heavy atom. The Morgan fingerprint density at radius 2 is 2.18 bits per heavy atom. The molecule has 0 aliphatic carbocycles. The van der Waals surface area contributed by atoms with Crippen molar-refractivity contribution in [3.8, 4) is 5.75 Å². The quantitative estimate of drug-likeness (QED) is 0.829. The summed E-state index contributed by atoms with van der Waals surface area (Å²) in [6.07, 6.45) is -1.58. The van der Waals surface area contributed by atoms with Crippen molar-refractivity contribution >= 4 is 16.5 Å². The maximum Gasteiger partial charge on any atom is 0.427 e. The number of benzene rings is 1. The van der Waals surface area contributed by atoms with Gasteiger partial charge in [0, 0.05) is 6.54 Å². The van der Waals surface area contributed by atoms with Crippen LogP contribution in [0.15, 0.2) is 30.5 Å². The number of nitrogens with zero attached hydrogens (tertiary/aromatic N) is 2. The summed E-state index contributed by atoms with van der Waals surface area (Å²) in [7, 11) is 1.60. The molecule has 1 fully saturated rings. The maximum atomic E-state index is 12.7. The number of aromatic nitrogens is 1. The third-order valence-corrected chi connectivity index (χ3v) is 4.83. The van der Waals surface area contributed by atoms with Crippen LogP contribution < -0.4 is 9.64 Å². The normalized spacial score (nSPS) is 18.7. The predicted molar refractivity (Wildman–Crippen MR) is 79.4 cm³/mol. The second kappa shape index (κ2) is 5.79. The molecular weight excluding hydrogens is 313 g/mol. The highest BCUT2D eigenvalue weighted by atomic mass is 32.1. The van der Waals surface area contributed by atoms with Gasteiger partial charge in [-0.15, -0.1) is 0 Å². The predicted octanol–water partition coefficient (Wildman–Crippen LogP) is 4.51. The summed E-state index contributed by atoms with van der Waals surface area (Å²) in [5.74, 6) is 0.750. The molecular formula is C15H15F3N2OS. The van der Waals surface area contributed by atoms with Gasteiger partial charge in [0.1, 0.15) is 10.6 Å². The van der Waals surface area contributed by atoms with E-state index in [1.54, 1.807) is 7.11 Å². The number of hydrogen-bond donors (Lipinski definition) is 0. The van der Waals surface area contributed by atoms with Crippen LogP contribution in [0.1, 0.15) is 29.3 Å². The number of halogens is 3. The lowest BCUT2D eigenvalue weighted by molar-refractivity contribution is -0.134. The van der Waals surface area contributed by atoms with E-state index < -0.39 is 11.1 Å². The number of rotatable bonds is 3. The first kappa shape index (κ1) is 15.1. The molecule has 0 saturated carbocycles. The van der Waals surface area contributed by atoms with Gasteiger partial charge < -0.3 is 9.64 Å². The van der Waals surface area contributed by atoms with E-state index in [0.717, 1.165) is 30.4 Å². The molecule has 3 rings (SSSR count). The van der Waals surface area contributed by atoms with Crippen molar-refractivity contribution in [1.29, 1.82) is 0 Å². The van der Waals surface area contributed by atoms with Gasteiger partial charge in [0.05, 0.1) is 19.3 Å². The summed E-state index contributed by atoms with van der Waals surface area (Å²) in [5.41, 5.74) is 1.04. The highest BCUT2D eigenvalue weighted by Gasteiger charge is 2.35. The zero-order valence-corrected chi connectivity index (χ0v) is 12.7. The first-order valence-electron chi connectivity index (χ1n) is 6.92. The van der Waals surface area contributed by atoms with Gasteiger partial charge in [0.15, 0.2) is 5.13 Å². The van der Waals surface area contributed by atoms with Crippen molar-refractivity contribution in [2.45, 2.75) is 25.1 Å². The molecule has 7 heteroatoms. The van der Waals surface area contributed by atoms with Gasteiger partial charge in [-0.05, 0) is 30.5 Å². The summed E-state index contributed by atoms with van der Waals surface area (Å²) in [6.45, 7) is 0.715. The van der Waals surface area contributed by atoms with Crippen molar-refractivity contribution in [1.82, 2.24) is 4.98 Å². The summed E-state index contributed by atoms with van der Waals surface area (Å²) in [6, 6.07) is 7.70. The molecule has 0 N–H and O–H groups in total. The molecule has 0 bridgehead atoms. The fourth-order valence-electron chi connectivity index (χ4n) is 2.72. The molecule has 3 nitrogen and oxygen atoms in total. The van der Waals surface area contributed by atoms with E-state index in [1.165, 1.54) is 0 Å². The van der Waals surface area contributed by atoms with Crippen LogP contribution in [0.25, 0.3) is 0 Å². The Hall–Kier alpha value is -1.76. The van der Waals surface area contributed by atoms with E-state index in [9.17, 15) is 13.2 Å². The van der Waals surface area contributed by atoms with E-state index in [0.29, 0.717) is 23.0 Å². The zero-order valence-electron chi connectivity index (χ0n) is 11.9. The molecule has 1 aromatic carbocycles. The number of hydrogen-bond acceptors (Lipinski definition) is 4. The van der Waals surface area contributed by atoms with Gasteiger partial charge >= 0.3 is 6.18 Å². The lowest BCUT2D eigenvalue weighted by atomic mass is 10.0. The first-order valence-corrected chi connectivity index (χ1v) is 7.74. The van der Waals surface area contributed by atoms with Gasteiger partial charge in [-0.2, -0.15) is 13.2 Å². The molecule has 1 atom stereocenters. The van der Waals surface area contributed by atoms with Crippen molar-refractivity contribution in [2.75, 3.05) is 18.6 Å². The Kier molecular flexibility index (Phi) is 3.99. The van der Waals surface area contributed by atoms with Crippen molar-refractivity contribution < 1.29 is 17.9 Å². The molecule has 0 radical (unpaired) electrons. The molecule has 1 unspecified atom stereocenters. The molecule has 118 valence electrons. The third-order valence-electron chi connectivity index (χ3n) is 3.75. The minimum absolute atomic E-state index is 0.0438. The van der Waals surface area contributed by atoms with Crippen LogP contribution in [0, 0.1) is 0 Å². The number of ether oxygens (including phenoxy) is 1. The van der Waals surface area contributed by atoms with Gasteiger partial charge in [0.25, 0.3) is 0 Å². The monoisotopic (exact) mass is 328 g/mol. The van der Waals surface area contributed by atoms with Crippen LogP contribution >= 0.6 is 11.3 Å². The second-order valence-corrected chi connectivity index (χ2v) is 6.14. The molecule has 1 aromatic heterocycles. The van der Waals surface area contributed by atoms with Gasteiger partial charge in [-0.3, -0.25) is 0 Å². The van der Waals surface area contributed by atoms with Gasteiger partial charge in [-0.1, -0.05) is 23.5 Å². The van der Waals surface area contributed by atoms with Crippen LogP contribution in [-0.4, -0.2) is 18.6 Å². The molecule has 0 spiro atoms. The molecule has 2 heterocycles. The summed E-state index contributed by atoms with van der Waals surface area (Å²) in [5, 5.41) is 0.428. The molecule has 1 saturated heterocycles. The van der Waals surface area contributed by atoms with E-state index in [-0.39, 0.29) is 6.04 Å². The lowest BCUT2D eigenvalue weighted by Crippen LogP contribution is -2.22.